The van der Waals surface area contributed by atoms with Gasteiger partial charge in [-0.1, -0.05) is 52.3 Å². The number of nitrogens with zero attached hydrogens (tertiary/aromatic N) is 2. The van der Waals surface area contributed by atoms with Crippen LogP contribution in [0.2, 0.25) is 0 Å². The molecular weight excluding hydrogens is 464 g/mol. The van der Waals surface area contributed by atoms with E-state index in [1.54, 1.807) is 59.5 Å². The number of anilines is 2. The van der Waals surface area contributed by atoms with E-state index in [4.69, 9.17) is 0 Å². The van der Waals surface area contributed by atoms with E-state index in [0.29, 0.717) is 5.69 Å². The van der Waals surface area contributed by atoms with Crippen LogP contribution in [-0.2, 0) is 21.2 Å². The Bertz CT molecular complexity index is 1160. The lowest BCUT2D eigenvalue weighted by Crippen LogP contribution is -2.45. The Morgan fingerprint density at radius 2 is 1.63 bits per heavy atom. The summed E-state index contributed by atoms with van der Waals surface area (Å²) >= 11 is 3.38. The molecule has 154 valence electrons. The minimum Gasteiger partial charge on any atom is -0.307 e. The van der Waals surface area contributed by atoms with Crippen LogP contribution in [0.3, 0.4) is 0 Å². The van der Waals surface area contributed by atoms with E-state index in [0.717, 1.165) is 22.1 Å². The highest BCUT2D eigenvalue weighted by Crippen LogP contribution is 2.33. The predicted octanol–water partition coefficient (Wildman–Crippen LogP) is 4.62. The summed E-state index contributed by atoms with van der Waals surface area (Å²) in [5.41, 5.74) is 2.39. The number of rotatable bonds is 5. The summed E-state index contributed by atoms with van der Waals surface area (Å²) in [5.74, 6) is -0.255. The fourth-order valence-corrected chi connectivity index (χ4v) is 5.49. The van der Waals surface area contributed by atoms with Crippen LogP contribution >= 0.6 is 15.9 Å². The molecule has 0 unspecified atom stereocenters. The molecule has 1 atom stereocenters. The number of carbonyl (C=O) groups is 1. The molecule has 7 heteroatoms. The molecular formula is C23H21BrN2O3S. The van der Waals surface area contributed by atoms with Crippen molar-refractivity contribution in [3.05, 3.63) is 88.9 Å². The first-order chi connectivity index (χ1) is 14.4. The molecule has 0 aromatic heterocycles. The number of fused-ring (bicyclic) bond motifs is 1. The summed E-state index contributed by atoms with van der Waals surface area (Å²) in [6.45, 7) is 1.70. The average Bonchev–Trinajstić information content (AvgIpc) is 3.09. The fourth-order valence-electron chi connectivity index (χ4n) is 3.79. The van der Waals surface area contributed by atoms with E-state index in [1.165, 1.54) is 4.31 Å². The van der Waals surface area contributed by atoms with Crippen molar-refractivity contribution in [3.63, 3.8) is 0 Å². The lowest BCUT2D eigenvalue weighted by atomic mass is 10.1. The van der Waals surface area contributed by atoms with E-state index in [2.05, 4.69) is 15.9 Å². The number of para-hydroxylation sites is 1. The molecule has 4 rings (SSSR count). The van der Waals surface area contributed by atoms with Gasteiger partial charge in [0.2, 0.25) is 5.91 Å². The molecule has 30 heavy (non-hydrogen) atoms. The SMILES string of the molecule is C[C@H]1Cc2ccccc2N1C(=O)CN(c1ccc(Br)cc1)S(=O)(=O)c1ccccc1. The molecule has 0 saturated heterocycles. The third kappa shape index (κ3) is 3.87. The predicted molar refractivity (Wildman–Crippen MR) is 122 cm³/mol. The van der Waals surface area contributed by atoms with Gasteiger partial charge < -0.3 is 4.90 Å². The molecule has 1 amide bonds. The van der Waals surface area contributed by atoms with Crippen molar-refractivity contribution in [2.75, 3.05) is 15.7 Å². The first-order valence-corrected chi connectivity index (χ1v) is 11.8. The first-order valence-electron chi connectivity index (χ1n) is 9.61. The molecule has 0 bridgehead atoms. The molecule has 0 fully saturated rings. The summed E-state index contributed by atoms with van der Waals surface area (Å²) in [5, 5.41) is 0. The summed E-state index contributed by atoms with van der Waals surface area (Å²) in [6, 6.07) is 22.8. The van der Waals surface area contributed by atoms with Crippen LogP contribution in [0.1, 0.15) is 12.5 Å². The van der Waals surface area contributed by atoms with Gasteiger partial charge in [0.05, 0.1) is 10.6 Å². The molecule has 3 aromatic rings. The average molecular weight is 485 g/mol. The largest absolute Gasteiger partial charge is 0.307 e. The molecule has 1 aliphatic rings. The van der Waals surface area contributed by atoms with E-state index in [1.807, 2.05) is 31.2 Å². The van der Waals surface area contributed by atoms with Crippen molar-refractivity contribution in [1.29, 1.82) is 0 Å². The Morgan fingerprint density at radius 1 is 1.00 bits per heavy atom. The van der Waals surface area contributed by atoms with Crippen LogP contribution in [0.5, 0.6) is 0 Å². The maximum absolute atomic E-state index is 13.4. The van der Waals surface area contributed by atoms with Gasteiger partial charge in [0, 0.05) is 16.2 Å². The van der Waals surface area contributed by atoms with Gasteiger partial charge in [0.25, 0.3) is 10.0 Å². The summed E-state index contributed by atoms with van der Waals surface area (Å²) in [6.07, 6.45) is 0.756. The minimum atomic E-state index is -3.92. The van der Waals surface area contributed by atoms with Crippen LogP contribution in [0, 0.1) is 0 Å². The molecule has 1 aliphatic heterocycles. The molecule has 0 spiro atoms. The molecule has 0 saturated carbocycles. The normalized spacial score (nSPS) is 15.7. The third-order valence-corrected chi connectivity index (χ3v) is 7.52. The zero-order valence-electron chi connectivity index (χ0n) is 16.4. The number of carbonyl (C=O) groups excluding carboxylic acids is 1. The van der Waals surface area contributed by atoms with Crippen molar-refractivity contribution in [3.8, 4) is 0 Å². The Labute approximate surface area is 185 Å². The number of benzene rings is 3. The van der Waals surface area contributed by atoms with Crippen molar-refractivity contribution in [2.24, 2.45) is 0 Å². The van der Waals surface area contributed by atoms with Gasteiger partial charge in [0.15, 0.2) is 0 Å². The fraction of sp³-hybridized carbons (Fsp3) is 0.174. The highest BCUT2D eigenvalue weighted by Gasteiger charge is 2.34. The number of hydrogen-bond acceptors (Lipinski definition) is 3. The molecule has 3 aromatic carbocycles. The second-order valence-electron chi connectivity index (χ2n) is 7.25. The Balaban J connectivity index is 1.72. The van der Waals surface area contributed by atoms with Crippen LogP contribution < -0.4 is 9.21 Å². The second kappa shape index (κ2) is 8.24. The Kier molecular flexibility index (Phi) is 5.66. The minimum absolute atomic E-state index is 0.0268. The quantitative estimate of drug-likeness (QED) is 0.530. The van der Waals surface area contributed by atoms with Crippen LogP contribution in [-0.4, -0.2) is 26.9 Å². The molecule has 0 N–H and O–H groups in total. The Morgan fingerprint density at radius 3 is 2.33 bits per heavy atom. The van der Waals surface area contributed by atoms with Gasteiger partial charge in [0.1, 0.15) is 6.54 Å². The van der Waals surface area contributed by atoms with Crippen molar-refractivity contribution in [1.82, 2.24) is 0 Å². The van der Waals surface area contributed by atoms with E-state index < -0.39 is 10.0 Å². The van der Waals surface area contributed by atoms with E-state index in [-0.39, 0.29) is 23.4 Å². The topological polar surface area (TPSA) is 57.7 Å². The smallest absolute Gasteiger partial charge is 0.264 e. The van der Waals surface area contributed by atoms with Crippen molar-refractivity contribution >= 4 is 43.2 Å². The molecule has 0 aliphatic carbocycles. The number of hydrogen-bond donors (Lipinski definition) is 0. The van der Waals surface area contributed by atoms with E-state index in [9.17, 15) is 13.2 Å². The van der Waals surface area contributed by atoms with Gasteiger partial charge in [-0.05, 0) is 61.4 Å². The summed E-state index contributed by atoms with van der Waals surface area (Å²) < 4.78 is 28.9. The summed E-state index contributed by atoms with van der Waals surface area (Å²) in [4.78, 5) is 15.2. The van der Waals surface area contributed by atoms with Gasteiger partial charge >= 0.3 is 0 Å². The maximum atomic E-state index is 13.4. The maximum Gasteiger partial charge on any atom is 0.264 e. The molecule has 0 radical (unpaired) electrons. The van der Waals surface area contributed by atoms with Crippen LogP contribution in [0.25, 0.3) is 0 Å². The lowest BCUT2D eigenvalue weighted by molar-refractivity contribution is -0.117. The third-order valence-electron chi connectivity index (χ3n) is 5.20. The highest BCUT2D eigenvalue weighted by molar-refractivity contribution is 9.10. The number of sulfonamides is 1. The van der Waals surface area contributed by atoms with Gasteiger partial charge in [-0.15, -0.1) is 0 Å². The van der Waals surface area contributed by atoms with Gasteiger partial charge in [-0.3, -0.25) is 9.10 Å². The van der Waals surface area contributed by atoms with Crippen LogP contribution in [0.15, 0.2) is 88.2 Å². The second-order valence-corrected chi connectivity index (χ2v) is 10.0. The first kappa shape index (κ1) is 20.6. The number of halogens is 1. The van der Waals surface area contributed by atoms with Gasteiger partial charge in [-0.2, -0.15) is 0 Å². The summed E-state index contributed by atoms with van der Waals surface area (Å²) in [7, 11) is -3.92. The molecule has 1 heterocycles. The standard InChI is InChI=1S/C23H21BrN2O3S/c1-17-15-18-7-5-6-10-22(18)26(17)23(27)16-25(20-13-11-19(24)12-14-20)30(28,29)21-8-3-2-4-9-21/h2-14,17H,15-16H2,1H3/t17-/m0/s1. The highest BCUT2D eigenvalue weighted by atomic mass is 79.9. The molecule has 5 nitrogen and oxygen atoms in total. The lowest BCUT2D eigenvalue weighted by Gasteiger charge is -2.29. The van der Waals surface area contributed by atoms with Gasteiger partial charge in [-0.25, -0.2) is 8.42 Å². The number of amides is 1. The van der Waals surface area contributed by atoms with Crippen molar-refractivity contribution in [2.45, 2.75) is 24.3 Å². The monoisotopic (exact) mass is 484 g/mol. The van der Waals surface area contributed by atoms with Crippen molar-refractivity contribution < 1.29 is 13.2 Å². The zero-order chi connectivity index (χ0) is 21.3. The zero-order valence-corrected chi connectivity index (χ0v) is 18.8. The van der Waals surface area contributed by atoms with Crippen LogP contribution in [0.4, 0.5) is 11.4 Å². The van der Waals surface area contributed by atoms with E-state index >= 15 is 0 Å². The Hall–Kier alpha value is -2.64.